The molecule has 7 heteroatoms. The van der Waals surface area contributed by atoms with Crippen LogP contribution in [0.5, 0.6) is 0 Å². The normalized spacial score (nSPS) is 12.8. The van der Waals surface area contributed by atoms with Crippen molar-refractivity contribution in [3.05, 3.63) is 0 Å². The summed E-state index contributed by atoms with van der Waals surface area (Å²) in [5.74, 6) is -0.164. The van der Waals surface area contributed by atoms with Crippen LogP contribution in [0.15, 0.2) is 0 Å². The number of nitrogens with zero attached hydrogens (tertiary/aromatic N) is 1. The maximum atomic E-state index is 11.9. The molecule has 0 rings (SSSR count). The lowest BCUT2D eigenvalue weighted by Gasteiger charge is -2.19. The number of sulfonamides is 1. The Labute approximate surface area is 81.7 Å². The largest absolute Gasteiger partial charge is 0.252 e. The van der Waals surface area contributed by atoms with Crippen molar-refractivity contribution in [1.29, 1.82) is 0 Å². The number of hydrogen-bond acceptors (Lipinski definition) is 2. The minimum atomic E-state index is -3.55. The van der Waals surface area contributed by atoms with Crippen LogP contribution < -0.4 is 0 Å². The maximum Gasteiger partial charge on any atom is 0.252 e. The van der Waals surface area contributed by atoms with E-state index >= 15 is 0 Å². The van der Waals surface area contributed by atoms with E-state index in [4.69, 9.17) is 11.6 Å². The number of alkyl halides is 3. The average Bonchev–Trinajstić information content (AvgIpc) is 2.03. The minimum absolute atomic E-state index is 0.0198. The summed E-state index contributed by atoms with van der Waals surface area (Å²) in [5, 5.41) is 0. The third-order valence-electron chi connectivity index (χ3n) is 1.43. The van der Waals surface area contributed by atoms with Crippen molar-refractivity contribution in [2.75, 3.05) is 24.7 Å². The van der Waals surface area contributed by atoms with Gasteiger partial charge in [0.2, 0.25) is 10.0 Å². The van der Waals surface area contributed by atoms with Crippen molar-refractivity contribution < 1.29 is 17.2 Å². The molecule has 80 valence electrons. The van der Waals surface area contributed by atoms with E-state index in [1.54, 1.807) is 0 Å². The molecule has 0 aromatic carbocycles. The molecule has 0 spiro atoms. The van der Waals surface area contributed by atoms with Crippen molar-refractivity contribution in [3.63, 3.8) is 0 Å². The van der Waals surface area contributed by atoms with Crippen LogP contribution in [-0.2, 0) is 10.0 Å². The summed E-state index contributed by atoms with van der Waals surface area (Å²) >= 11 is 5.29. The second-order valence-electron chi connectivity index (χ2n) is 2.34. The molecule has 0 unspecified atom stereocenters. The van der Waals surface area contributed by atoms with Gasteiger partial charge in [-0.25, -0.2) is 17.2 Å². The summed E-state index contributed by atoms with van der Waals surface area (Å²) in [6, 6.07) is 0. The predicted octanol–water partition coefficient (Wildman–Crippen LogP) is 1.14. The molecule has 0 heterocycles. The van der Waals surface area contributed by atoms with Crippen LogP contribution in [0.3, 0.4) is 0 Å². The van der Waals surface area contributed by atoms with Crippen LogP contribution >= 0.6 is 11.6 Å². The fourth-order valence-electron chi connectivity index (χ4n) is 0.775. The molecule has 0 aliphatic carbocycles. The van der Waals surface area contributed by atoms with Gasteiger partial charge in [0.1, 0.15) is 0 Å². The van der Waals surface area contributed by atoms with Crippen LogP contribution in [-0.4, -0.2) is 43.9 Å². The van der Waals surface area contributed by atoms with Crippen molar-refractivity contribution in [2.45, 2.75) is 13.3 Å². The molecule has 0 aliphatic rings. The molecule has 0 atom stereocenters. The van der Waals surface area contributed by atoms with E-state index < -0.39 is 23.0 Å². The molecule has 0 fully saturated rings. The highest BCUT2D eigenvalue weighted by molar-refractivity contribution is 7.89. The Hall–Kier alpha value is 0.0600. The molecule has 0 N–H and O–H groups in total. The molecule has 0 bridgehead atoms. The highest BCUT2D eigenvalue weighted by Crippen LogP contribution is 2.06. The summed E-state index contributed by atoms with van der Waals surface area (Å²) < 4.78 is 46.9. The molecule has 0 saturated heterocycles. The monoisotopic (exact) mass is 235 g/mol. The lowest BCUT2D eigenvalue weighted by molar-refractivity contribution is 0.121. The van der Waals surface area contributed by atoms with Gasteiger partial charge in [0, 0.05) is 12.4 Å². The van der Waals surface area contributed by atoms with E-state index in [0.29, 0.717) is 4.31 Å². The Kier molecular flexibility index (Phi) is 5.75. The van der Waals surface area contributed by atoms with Crippen molar-refractivity contribution >= 4 is 21.6 Å². The number of halogens is 3. The van der Waals surface area contributed by atoms with Crippen LogP contribution in [0.2, 0.25) is 0 Å². The Morgan fingerprint density at radius 1 is 1.46 bits per heavy atom. The third kappa shape index (κ3) is 4.73. The molecule has 13 heavy (non-hydrogen) atoms. The van der Waals surface area contributed by atoms with Crippen LogP contribution in [0.4, 0.5) is 8.78 Å². The Morgan fingerprint density at radius 3 is 2.31 bits per heavy atom. The van der Waals surface area contributed by atoms with Gasteiger partial charge in [0.25, 0.3) is 6.43 Å². The van der Waals surface area contributed by atoms with Crippen LogP contribution in [0, 0.1) is 0 Å². The predicted molar refractivity (Wildman–Crippen MR) is 47.8 cm³/mol. The van der Waals surface area contributed by atoms with Gasteiger partial charge in [-0.3, -0.25) is 0 Å². The van der Waals surface area contributed by atoms with Gasteiger partial charge in [-0.05, 0) is 6.92 Å². The minimum Gasteiger partial charge on any atom is -0.212 e. The highest BCUT2D eigenvalue weighted by Gasteiger charge is 2.22. The first-order valence-corrected chi connectivity index (χ1v) is 5.90. The first-order chi connectivity index (χ1) is 5.94. The lowest BCUT2D eigenvalue weighted by Crippen LogP contribution is -2.37. The molecular formula is C6H12ClF2NO2S. The smallest absolute Gasteiger partial charge is 0.212 e. The molecule has 0 saturated carbocycles. The molecule has 0 amide bonds. The third-order valence-corrected chi connectivity index (χ3v) is 3.45. The molecule has 0 radical (unpaired) electrons. The molecular weight excluding hydrogens is 224 g/mol. The van der Waals surface area contributed by atoms with Crippen LogP contribution in [0.25, 0.3) is 0 Å². The summed E-state index contributed by atoms with van der Waals surface area (Å²) in [6.07, 6.45) is -2.66. The topological polar surface area (TPSA) is 37.4 Å². The number of rotatable bonds is 6. The van der Waals surface area contributed by atoms with E-state index in [1.165, 1.54) is 6.92 Å². The summed E-state index contributed by atoms with van der Waals surface area (Å²) in [7, 11) is -3.55. The number of hydrogen-bond donors (Lipinski definition) is 0. The molecule has 0 aromatic rings. The zero-order valence-corrected chi connectivity index (χ0v) is 8.78. The quantitative estimate of drug-likeness (QED) is 0.648. The van der Waals surface area contributed by atoms with Gasteiger partial charge in [0.15, 0.2) is 0 Å². The standard InChI is InChI=1S/C6H12ClF2NO2S/c1-2-13(11,12)10(4-3-7)5-6(8)9/h6H,2-5H2,1H3. The second kappa shape index (κ2) is 5.72. The summed E-state index contributed by atoms with van der Waals surface area (Å²) in [6.45, 7) is 0.562. The van der Waals surface area contributed by atoms with Gasteiger partial charge >= 0.3 is 0 Å². The van der Waals surface area contributed by atoms with Crippen molar-refractivity contribution in [2.24, 2.45) is 0 Å². The van der Waals surface area contributed by atoms with Gasteiger partial charge in [-0.2, -0.15) is 4.31 Å². The van der Waals surface area contributed by atoms with Gasteiger partial charge in [-0.1, -0.05) is 0 Å². The van der Waals surface area contributed by atoms with E-state index in [0.717, 1.165) is 0 Å². The molecule has 0 aromatic heterocycles. The van der Waals surface area contributed by atoms with E-state index in [1.807, 2.05) is 0 Å². The van der Waals surface area contributed by atoms with Crippen LogP contribution in [0.1, 0.15) is 6.92 Å². The maximum absolute atomic E-state index is 11.9. The van der Waals surface area contributed by atoms with Crippen molar-refractivity contribution in [3.8, 4) is 0 Å². The van der Waals surface area contributed by atoms with Gasteiger partial charge < -0.3 is 0 Å². The Bertz CT molecular complexity index is 233. The summed E-state index contributed by atoms with van der Waals surface area (Å²) in [4.78, 5) is 0. The molecule has 3 nitrogen and oxygen atoms in total. The fraction of sp³-hybridized carbons (Fsp3) is 1.00. The summed E-state index contributed by atoms with van der Waals surface area (Å²) in [5.41, 5.74) is 0. The van der Waals surface area contributed by atoms with E-state index in [2.05, 4.69) is 0 Å². The van der Waals surface area contributed by atoms with E-state index in [9.17, 15) is 17.2 Å². The Balaban J connectivity index is 4.41. The first-order valence-electron chi connectivity index (χ1n) is 3.76. The first kappa shape index (κ1) is 13.1. The van der Waals surface area contributed by atoms with Crippen molar-refractivity contribution in [1.82, 2.24) is 4.31 Å². The second-order valence-corrected chi connectivity index (χ2v) is 4.97. The van der Waals surface area contributed by atoms with Gasteiger partial charge in [-0.15, -0.1) is 11.6 Å². The fourth-order valence-corrected chi connectivity index (χ4v) is 2.15. The Morgan fingerprint density at radius 2 is 2.00 bits per heavy atom. The van der Waals surface area contributed by atoms with E-state index in [-0.39, 0.29) is 18.2 Å². The molecule has 0 aliphatic heterocycles. The lowest BCUT2D eigenvalue weighted by atomic mass is 10.6. The zero-order chi connectivity index (χ0) is 10.5. The average molecular weight is 236 g/mol. The van der Waals surface area contributed by atoms with Gasteiger partial charge in [0.05, 0.1) is 12.3 Å². The highest BCUT2D eigenvalue weighted by atomic mass is 35.5. The SMILES string of the molecule is CCS(=O)(=O)N(CCCl)CC(F)F. The zero-order valence-electron chi connectivity index (χ0n) is 7.21.